The Morgan fingerprint density at radius 1 is 0.788 bits per heavy atom. The molecule has 0 spiro atoms. The van der Waals surface area contributed by atoms with Crippen molar-refractivity contribution < 1.29 is 9.53 Å². The van der Waals surface area contributed by atoms with Crippen LogP contribution in [0.2, 0.25) is 0 Å². The topological polar surface area (TPSA) is 26.3 Å². The molecule has 1 heterocycles. The minimum Gasteiger partial charge on any atom is -0.455 e. The predicted octanol–water partition coefficient (Wildman–Crippen LogP) is 8.96. The Morgan fingerprint density at radius 2 is 1.30 bits per heavy atom. The second-order valence-electron chi connectivity index (χ2n) is 11.7. The first kappa shape index (κ1) is 23.8. The maximum Gasteiger partial charge on any atom is 0.150 e. The van der Waals surface area contributed by atoms with Gasteiger partial charge in [0.15, 0.2) is 0 Å². The van der Waals surface area contributed by atoms with Gasteiger partial charge in [-0.3, -0.25) is 4.79 Å². The van der Waals surface area contributed by atoms with Gasteiger partial charge in [-0.2, -0.15) is 0 Å². The van der Waals surface area contributed by atoms with Gasteiger partial charge in [-0.05, 0) is 55.6 Å². The molecule has 0 saturated carbocycles. The number of halogens is 1. The maximum atomic E-state index is 11.2. The summed E-state index contributed by atoms with van der Waals surface area (Å²) in [4.78, 5) is 11.2. The minimum absolute atomic E-state index is 0.0171. The van der Waals surface area contributed by atoms with Gasteiger partial charge >= 0.3 is 0 Å². The molecule has 0 atom stereocenters. The molecule has 172 valence electrons. The van der Waals surface area contributed by atoms with Crippen molar-refractivity contribution in [3.05, 3.63) is 80.8 Å². The number of carbonyl (C=O) groups excluding carboxylic acids is 1. The molecule has 0 fully saturated rings. The van der Waals surface area contributed by atoms with Crippen LogP contribution >= 0.6 is 15.9 Å². The zero-order valence-electron chi connectivity index (χ0n) is 20.9. The molecule has 0 saturated heterocycles. The lowest BCUT2D eigenvalue weighted by atomic mass is 9.71. The van der Waals surface area contributed by atoms with Crippen molar-refractivity contribution in [1.29, 1.82) is 0 Å². The average Bonchev–Trinajstić information content (AvgIpc) is 2.72. The van der Waals surface area contributed by atoms with E-state index in [1.807, 2.05) is 24.3 Å². The highest BCUT2D eigenvalue weighted by Crippen LogP contribution is 2.55. The van der Waals surface area contributed by atoms with Crippen molar-refractivity contribution in [1.82, 2.24) is 0 Å². The monoisotopic (exact) mass is 504 g/mol. The van der Waals surface area contributed by atoms with Crippen LogP contribution in [0.1, 0.15) is 88.0 Å². The van der Waals surface area contributed by atoms with Crippen LogP contribution in [0.25, 0.3) is 11.1 Å². The number of benzene rings is 3. The van der Waals surface area contributed by atoms with Gasteiger partial charge in [0, 0.05) is 27.7 Å². The van der Waals surface area contributed by atoms with E-state index in [1.165, 1.54) is 22.3 Å². The fourth-order valence-corrected chi connectivity index (χ4v) is 4.97. The Morgan fingerprint density at radius 3 is 1.82 bits per heavy atom. The molecule has 0 amide bonds. The zero-order chi connectivity index (χ0) is 24.3. The summed E-state index contributed by atoms with van der Waals surface area (Å²) in [5.74, 6) is 1.78. The van der Waals surface area contributed by atoms with Crippen molar-refractivity contribution in [2.75, 3.05) is 0 Å². The van der Waals surface area contributed by atoms with E-state index in [0.29, 0.717) is 5.56 Å². The molecule has 3 heteroatoms. The van der Waals surface area contributed by atoms with E-state index in [9.17, 15) is 4.79 Å². The van der Waals surface area contributed by atoms with Gasteiger partial charge in [0.1, 0.15) is 17.8 Å². The largest absolute Gasteiger partial charge is 0.455 e. The highest BCUT2D eigenvalue weighted by Gasteiger charge is 2.39. The Bertz CT molecular complexity index is 1240. The molecule has 33 heavy (non-hydrogen) atoms. The van der Waals surface area contributed by atoms with Crippen LogP contribution in [-0.2, 0) is 16.2 Å². The summed E-state index contributed by atoms with van der Waals surface area (Å²) in [6.45, 7) is 18.0. The average molecular weight is 505 g/mol. The van der Waals surface area contributed by atoms with E-state index in [1.54, 1.807) is 0 Å². The van der Waals surface area contributed by atoms with Crippen LogP contribution in [0.15, 0.2) is 53.0 Å². The van der Waals surface area contributed by atoms with Crippen LogP contribution < -0.4 is 4.74 Å². The molecule has 2 nitrogen and oxygen atoms in total. The van der Waals surface area contributed by atoms with Crippen LogP contribution in [-0.4, -0.2) is 6.29 Å². The van der Waals surface area contributed by atoms with Crippen LogP contribution in [0, 0.1) is 0 Å². The van der Waals surface area contributed by atoms with E-state index < -0.39 is 0 Å². The van der Waals surface area contributed by atoms with Crippen LogP contribution in [0.5, 0.6) is 11.5 Å². The van der Waals surface area contributed by atoms with E-state index >= 15 is 0 Å². The van der Waals surface area contributed by atoms with Crippen LogP contribution in [0.4, 0.5) is 0 Å². The summed E-state index contributed by atoms with van der Waals surface area (Å²) in [5.41, 5.74) is 7.48. The Labute approximate surface area is 206 Å². The molecule has 4 rings (SSSR count). The number of fused-ring (bicyclic) bond motifs is 2. The molecule has 0 aromatic heterocycles. The Hall–Kier alpha value is -2.39. The summed E-state index contributed by atoms with van der Waals surface area (Å²) in [6, 6.07) is 16.8. The molecule has 0 unspecified atom stereocenters. The van der Waals surface area contributed by atoms with Gasteiger partial charge in [-0.1, -0.05) is 91.8 Å². The number of rotatable bonds is 2. The number of ether oxygens (including phenoxy) is 1. The summed E-state index contributed by atoms with van der Waals surface area (Å²) >= 11 is 3.81. The molecule has 1 aliphatic heterocycles. The second-order valence-corrected chi connectivity index (χ2v) is 12.6. The molecule has 3 aromatic carbocycles. The van der Waals surface area contributed by atoms with Crippen molar-refractivity contribution in [3.8, 4) is 22.6 Å². The Balaban J connectivity index is 2.02. The lowest BCUT2D eigenvalue weighted by Gasteiger charge is -2.38. The summed E-state index contributed by atoms with van der Waals surface area (Å²) < 4.78 is 7.68. The first-order valence-corrected chi connectivity index (χ1v) is 12.3. The lowest BCUT2D eigenvalue weighted by Crippen LogP contribution is -2.27. The highest BCUT2D eigenvalue weighted by molar-refractivity contribution is 9.10. The molecular formula is C30H33BrO2. The van der Waals surface area contributed by atoms with E-state index in [4.69, 9.17) is 4.74 Å². The van der Waals surface area contributed by atoms with Gasteiger partial charge in [0.25, 0.3) is 0 Å². The van der Waals surface area contributed by atoms with Gasteiger partial charge < -0.3 is 4.74 Å². The fraction of sp³-hybridized carbons (Fsp3) is 0.367. The number of hydrogen-bond donors (Lipinski definition) is 0. The van der Waals surface area contributed by atoms with Gasteiger partial charge in [0.2, 0.25) is 0 Å². The maximum absolute atomic E-state index is 11.2. The zero-order valence-corrected chi connectivity index (χ0v) is 22.5. The highest BCUT2D eigenvalue weighted by atomic mass is 79.9. The quantitative estimate of drug-likeness (QED) is 0.325. The van der Waals surface area contributed by atoms with Gasteiger partial charge in [-0.15, -0.1) is 0 Å². The van der Waals surface area contributed by atoms with Gasteiger partial charge in [-0.25, -0.2) is 0 Å². The smallest absolute Gasteiger partial charge is 0.150 e. The molecule has 0 N–H and O–H groups in total. The minimum atomic E-state index is -0.245. The normalized spacial score (nSPS) is 14.8. The molecular weight excluding hydrogens is 472 g/mol. The predicted molar refractivity (Wildman–Crippen MR) is 141 cm³/mol. The summed E-state index contributed by atoms with van der Waals surface area (Å²) in [5, 5.41) is 0. The SMILES string of the molecule is CC(C)(C)c1cc(Br)c2c(c1)C(C)(C)c1cc(C(C)(C)C)cc(-c3ccc(C=O)cc3)c1O2. The lowest BCUT2D eigenvalue weighted by molar-refractivity contribution is 0.112. The summed E-state index contributed by atoms with van der Waals surface area (Å²) in [6.07, 6.45) is 0.880. The Kier molecular flexibility index (Phi) is 5.64. The molecule has 0 aliphatic carbocycles. The third-order valence-corrected chi connectivity index (χ3v) is 7.36. The standard InChI is InChI=1S/C30H33BrO2/c1-28(2,3)20-13-22(19-11-9-18(17-32)10-12-19)26-23(14-20)30(7,8)24-15-21(29(4,5)6)16-25(31)27(24)33-26/h9-17H,1-8H3. The number of aldehydes is 1. The third kappa shape index (κ3) is 4.17. The van der Waals surface area contributed by atoms with Crippen molar-refractivity contribution in [2.24, 2.45) is 0 Å². The first-order chi connectivity index (χ1) is 15.2. The molecule has 0 radical (unpaired) electrons. The van der Waals surface area contributed by atoms with E-state index in [0.717, 1.165) is 33.4 Å². The second kappa shape index (κ2) is 7.84. The van der Waals surface area contributed by atoms with E-state index in [2.05, 4.69) is 95.6 Å². The van der Waals surface area contributed by atoms with Crippen molar-refractivity contribution in [2.45, 2.75) is 71.6 Å². The van der Waals surface area contributed by atoms with E-state index in [-0.39, 0.29) is 16.2 Å². The number of hydrogen-bond acceptors (Lipinski definition) is 2. The fourth-order valence-electron chi connectivity index (χ4n) is 4.43. The van der Waals surface area contributed by atoms with Crippen LogP contribution in [0.3, 0.4) is 0 Å². The molecule has 1 aliphatic rings. The molecule has 3 aromatic rings. The van der Waals surface area contributed by atoms with Crippen molar-refractivity contribution in [3.63, 3.8) is 0 Å². The van der Waals surface area contributed by atoms with Gasteiger partial charge in [0.05, 0.1) is 4.47 Å². The third-order valence-electron chi connectivity index (χ3n) is 6.77. The summed E-state index contributed by atoms with van der Waals surface area (Å²) in [7, 11) is 0. The molecule has 0 bridgehead atoms. The van der Waals surface area contributed by atoms with Crippen molar-refractivity contribution >= 4 is 22.2 Å². The number of carbonyl (C=O) groups is 1. The first-order valence-electron chi connectivity index (χ1n) is 11.5.